The Morgan fingerprint density at radius 1 is 1.17 bits per heavy atom. The molecule has 0 saturated heterocycles. The summed E-state index contributed by atoms with van der Waals surface area (Å²) in [4.78, 5) is 12.2. The lowest BCUT2D eigenvalue weighted by atomic mass is 9.88. The molecule has 0 spiro atoms. The molecule has 1 aliphatic rings. The fraction of sp³-hybridized carbons (Fsp3) is 0.533. The van der Waals surface area contributed by atoms with Crippen LogP contribution in [-0.2, 0) is 4.79 Å². The van der Waals surface area contributed by atoms with Crippen LogP contribution in [0.2, 0.25) is 0 Å². The van der Waals surface area contributed by atoms with Crippen molar-refractivity contribution in [2.24, 2.45) is 5.92 Å². The number of aryl methyl sites for hydroxylation is 2. The fourth-order valence-electron chi connectivity index (χ4n) is 2.70. The van der Waals surface area contributed by atoms with Gasteiger partial charge in [-0.2, -0.15) is 0 Å². The van der Waals surface area contributed by atoms with Gasteiger partial charge in [-0.3, -0.25) is 4.79 Å². The van der Waals surface area contributed by atoms with E-state index in [2.05, 4.69) is 21.2 Å². The summed E-state index contributed by atoms with van der Waals surface area (Å²) < 4.78 is 1.06. The first kappa shape index (κ1) is 13.6. The number of benzene rings is 1. The Morgan fingerprint density at radius 2 is 1.72 bits per heavy atom. The van der Waals surface area contributed by atoms with Crippen LogP contribution in [0.15, 0.2) is 16.6 Å². The maximum atomic E-state index is 12.2. The molecular weight excluding hydrogens is 290 g/mol. The van der Waals surface area contributed by atoms with Crippen LogP contribution >= 0.6 is 15.9 Å². The van der Waals surface area contributed by atoms with Gasteiger partial charge in [0.25, 0.3) is 0 Å². The average molecular weight is 310 g/mol. The zero-order chi connectivity index (χ0) is 13.1. The van der Waals surface area contributed by atoms with E-state index in [1.54, 1.807) is 0 Å². The molecule has 2 nitrogen and oxygen atoms in total. The van der Waals surface area contributed by atoms with Crippen molar-refractivity contribution in [3.05, 3.63) is 27.7 Å². The molecule has 3 heteroatoms. The molecule has 0 atom stereocenters. The van der Waals surface area contributed by atoms with Crippen molar-refractivity contribution >= 4 is 27.5 Å². The fourth-order valence-corrected chi connectivity index (χ4v) is 3.38. The van der Waals surface area contributed by atoms with Crippen molar-refractivity contribution < 1.29 is 4.79 Å². The van der Waals surface area contributed by atoms with Gasteiger partial charge in [-0.25, -0.2) is 0 Å². The average Bonchev–Trinajstić information content (AvgIpc) is 2.34. The summed E-state index contributed by atoms with van der Waals surface area (Å²) in [6.45, 7) is 4.07. The Balaban J connectivity index is 2.11. The summed E-state index contributed by atoms with van der Waals surface area (Å²) in [5.41, 5.74) is 3.21. The van der Waals surface area contributed by atoms with E-state index in [1.807, 2.05) is 26.0 Å². The van der Waals surface area contributed by atoms with Crippen molar-refractivity contribution in [3.63, 3.8) is 0 Å². The van der Waals surface area contributed by atoms with E-state index in [-0.39, 0.29) is 11.8 Å². The highest BCUT2D eigenvalue weighted by atomic mass is 79.9. The maximum absolute atomic E-state index is 12.2. The summed E-state index contributed by atoms with van der Waals surface area (Å²) in [5, 5.41) is 3.12. The topological polar surface area (TPSA) is 29.1 Å². The molecule has 1 fully saturated rings. The number of nitrogens with one attached hydrogen (secondary N) is 1. The molecule has 1 aromatic carbocycles. The molecule has 0 aliphatic heterocycles. The Hall–Kier alpha value is -0.830. The van der Waals surface area contributed by atoms with Crippen LogP contribution < -0.4 is 5.32 Å². The number of carbonyl (C=O) groups is 1. The van der Waals surface area contributed by atoms with Crippen LogP contribution in [0.25, 0.3) is 0 Å². The molecule has 1 saturated carbocycles. The SMILES string of the molecule is Cc1cc(Br)cc(C)c1NC(=O)C1CCCCC1. The number of anilines is 1. The summed E-state index contributed by atoms with van der Waals surface area (Å²) in [5.74, 6) is 0.407. The summed E-state index contributed by atoms with van der Waals surface area (Å²) in [6, 6.07) is 4.09. The molecule has 0 radical (unpaired) electrons. The molecule has 1 N–H and O–H groups in total. The van der Waals surface area contributed by atoms with Gasteiger partial charge in [0.05, 0.1) is 0 Å². The summed E-state index contributed by atoms with van der Waals surface area (Å²) in [6.07, 6.45) is 5.74. The van der Waals surface area contributed by atoms with Gasteiger partial charge >= 0.3 is 0 Å². The third-order valence-corrected chi connectivity index (χ3v) is 4.18. The number of rotatable bonds is 2. The number of hydrogen-bond donors (Lipinski definition) is 1. The molecular formula is C15H20BrNO. The second-order valence-electron chi connectivity index (χ2n) is 5.24. The van der Waals surface area contributed by atoms with Crippen molar-refractivity contribution in [2.75, 3.05) is 5.32 Å². The second-order valence-corrected chi connectivity index (χ2v) is 6.15. The quantitative estimate of drug-likeness (QED) is 0.851. The van der Waals surface area contributed by atoms with E-state index >= 15 is 0 Å². The largest absolute Gasteiger partial charge is 0.325 e. The van der Waals surface area contributed by atoms with Crippen LogP contribution in [0.1, 0.15) is 43.2 Å². The van der Waals surface area contributed by atoms with Crippen molar-refractivity contribution in [1.82, 2.24) is 0 Å². The van der Waals surface area contributed by atoms with Crippen molar-refractivity contribution in [3.8, 4) is 0 Å². The maximum Gasteiger partial charge on any atom is 0.227 e. The van der Waals surface area contributed by atoms with Gasteiger partial charge in [0, 0.05) is 16.1 Å². The summed E-state index contributed by atoms with van der Waals surface area (Å²) >= 11 is 3.48. The third kappa shape index (κ3) is 3.14. The molecule has 0 unspecified atom stereocenters. The monoisotopic (exact) mass is 309 g/mol. The van der Waals surface area contributed by atoms with E-state index in [1.165, 1.54) is 19.3 Å². The van der Waals surface area contributed by atoms with Gasteiger partial charge in [-0.1, -0.05) is 35.2 Å². The van der Waals surface area contributed by atoms with Gasteiger partial charge in [-0.15, -0.1) is 0 Å². The predicted molar refractivity (Wildman–Crippen MR) is 78.8 cm³/mol. The van der Waals surface area contributed by atoms with E-state index < -0.39 is 0 Å². The molecule has 0 heterocycles. The molecule has 0 bridgehead atoms. The standard InChI is InChI=1S/C15H20BrNO/c1-10-8-13(16)9-11(2)14(10)17-15(18)12-6-4-3-5-7-12/h8-9,12H,3-7H2,1-2H3,(H,17,18). The zero-order valence-electron chi connectivity index (χ0n) is 11.1. The van der Waals surface area contributed by atoms with Crippen molar-refractivity contribution in [1.29, 1.82) is 0 Å². The van der Waals surface area contributed by atoms with Crippen molar-refractivity contribution in [2.45, 2.75) is 46.0 Å². The molecule has 1 aliphatic carbocycles. The number of hydrogen-bond acceptors (Lipinski definition) is 1. The van der Waals surface area contributed by atoms with Gasteiger partial charge in [0.2, 0.25) is 5.91 Å². The minimum atomic E-state index is 0.197. The van der Waals surface area contributed by atoms with E-state index in [9.17, 15) is 4.79 Å². The molecule has 98 valence electrons. The van der Waals surface area contributed by atoms with Gasteiger partial charge in [0.1, 0.15) is 0 Å². The zero-order valence-corrected chi connectivity index (χ0v) is 12.6. The molecule has 1 aromatic rings. The first-order chi connectivity index (χ1) is 8.58. The van der Waals surface area contributed by atoms with Gasteiger partial charge < -0.3 is 5.32 Å². The third-order valence-electron chi connectivity index (χ3n) is 3.72. The summed E-state index contributed by atoms with van der Waals surface area (Å²) in [7, 11) is 0. The van der Waals surface area contributed by atoms with Crippen LogP contribution in [0.4, 0.5) is 5.69 Å². The van der Waals surface area contributed by atoms with E-state index in [4.69, 9.17) is 0 Å². The highest BCUT2D eigenvalue weighted by Gasteiger charge is 2.21. The normalized spacial score (nSPS) is 16.6. The minimum Gasteiger partial charge on any atom is -0.325 e. The van der Waals surface area contributed by atoms with E-state index in [0.717, 1.165) is 34.1 Å². The highest BCUT2D eigenvalue weighted by Crippen LogP contribution is 2.28. The van der Waals surface area contributed by atoms with Crippen LogP contribution in [0.5, 0.6) is 0 Å². The molecule has 18 heavy (non-hydrogen) atoms. The van der Waals surface area contributed by atoms with Gasteiger partial charge in [-0.05, 0) is 49.9 Å². The first-order valence-corrected chi connectivity index (χ1v) is 7.45. The Morgan fingerprint density at radius 3 is 2.28 bits per heavy atom. The minimum absolute atomic E-state index is 0.197. The van der Waals surface area contributed by atoms with Gasteiger partial charge in [0.15, 0.2) is 0 Å². The number of amides is 1. The molecule has 1 amide bonds. The molecule has 0 aromatic heterocycles. The smallest absolute Gasteiger partial charge is 0.227 e. The number of carbonyl (C=O) groups excluding carboxylic acids is 1. The Labute approximate surface area is 117 Å². The number of halogens is 1. The second kappa shape index (κ2) is 5.87. The lowest BCUT2D eigenvalue weighted by Crippen LogP contribution is -2.25. The lowest BCUT2D eigenvalue weighted by molar-refractivity contribution is -0.120. The Kier molecular flexibility index (Phi) is 4.44. The van der Waals surface area contributed by atoms with E-state index in [0.29, 0.717) is 0 Å². The Bertz CT molecular complexity index is 427. The first-order valence-electron chi connectivity index (χ1n) is 6.65. The lowest BCUT2D eigenvalue weighted by Gasteiger charge is -2.22. The predicted octanol–water partition coefficient (Wildman–Crippen LogP) is 4.58. The van der Waals surface area contributed by atoms with Crippen LogP contribution in [-0.4, -0.2) is 5.91 Å². The molecule has 2 rings (SSSR count). The highest BCUT2D eigenvalue weighted by molar-refractivity contribution is 9.10. The van der Waals surface area contributed by atoms with Crippen LogP contribution in [0, 0.1) is 19.8 Å². The van der Waals surface area contributed by atoms with Crippen LogP contribution in [0.3, 0.4) is 0 Å².